The molecule has 0 bridgehead atoms. The molecule has 3 aromatic rings. The van der Waals surface area contributed by atoms with Crippen molar-refractivity contribution in [2.75, 3.05) is 55.0 Å². The quantitative estimate of drug-likeness (QED) is 0.703. The summed E-state index contributed by atoms with van der Waals surface area (Å²) >= 11 is 0. The van der Waals surface area contributed by atoms with Crippen LogP contribution in [0.3, 0.4) is 0 Å². The van der Waals surface area contributed by atoms with Gasteiger partial charge in [0.15, 0.2) is 0 Å². The lowest BCUT2D eigenvalue weighted by atomic mass is 10.1. The van der Waals surface area contributed by atoms with Crippen molar-refractivity contribution in [3.8, 4) is 0 Å². The van der Waals surface area contributed by atoms with Crippen LogP contribution in [-0.2, 0) is 7.05 Å². The van der Waals surface area contributed by atoms with E-state index < -0.39 is 5.69 Å². The highest BCUT2D eigenvalue weighted by Gasteiger charge is 2.20. The van der Waals surface area contributed by atoms with Crippen LogP contribution < -0.4 is 25.9 Å². The zero-order valence-electron chi connectivity index (χ0n) is 16.2. The van der Waals surface area contributed by atoms with E-state index in [9.17, 15) is 9.59 Å². The van der Waals surface area contributed by atoms with E-state index in [0.717, 1.165) is 40.1 Å². The van der Waals surface area contributed by atoms with E-state index in [-0.39, 0.29) is 5.56 Å². The van der Waals surface area contributed by atoms with Crippen molar-refractivity contribution in [1.82, 2.24) is 19.5 Å². The van der Waals surface area contributed by atoms with Gasteiger partial charge in [0.05, 0.1) is 5.52 Å². The third-order valence-electron chi connectivity index (χ3n) is 5.14. The molecule has 1 aliphatic rings. The molecule has 1 N–H and O–H groups in total. The lowest BCUT2D eigenvalue weighted by Crippen LogP contribution is -2.48. The number of aromatic nitrogens is 4. The number of piperazine rings is 1. The third-order valence-corrected chi connectivity index (χ3v) is 5.14. The number of benzene rings is 1. The summed E-state index contributed by atoms with van der Waals surface area (Å²) in [5, 5.41) is 1.02. The van der Waals surface area contributed by atoms with Gasteiger partial charge in [-0.3, -0.25) is 14.3 Å². The van der Waals surface area contributed by atoms with Gasteiger partial charge >= 0.3 is 5.69 Å². The molecule has 0 atom stereocenters. The molecule has 1 saturated heterocycles. The van der Waals surface area contributed by atoms with Gasteiger partial charge in [0, 0.05) is 64.5 Å². The minimum atomic E-state index is -0.393. The Balaban J connectivity index is 1.56. The molecule has 0 spiro atoms. The van der Waals surface area contributed by atoms with E-state index in [1.165, 1.54) is 13.1 Å². The smallest absolute Gasteiger partial charge is 0.329 e. The summed E-state index contributed by atoms with van der Waals surface area (Å²) in [6, 6.07) is 7.70. The topological polar surface area (TPSA) is 90.4 Å². The Hall–Kier alpha value is -3.36. The second-order valence-corrected chi connectivity index (χ2v) is 7.12. The number of H-pyrrole nitrogens is 1. The molecule has 0 unspecified atom stereocenters. The second kappa shape index (κ2) is 6.99. The SMILES string of the molecule is CN(C)c1ncnc2ccc(N3CCN(c4cc(=O)n(C)c(=O)[nH]4)CC3)cc12. The van der Waals surface area contributed by atoms with Gasteiger partial charge in [-0.2, -0.15) is 0 Å². The first-order valence-electron chi connectivity index (χ1n) is 9.16. The maximum atomic E-state index is 11.9. The van der Waals surface area contributed by atoms with Crippen LogP contribution in [0, 0.1) is 0 Å². The second-order valence-electron chi connectivity index (χ2n) is 7.12. The maximum absolute atomic E-state index is 11.9. The zero-order chi connectivity index (χ0) is 19.8. The van der Waals surface area contributed by atoms with Crippen LogP contribution in [0.15, 0.2) is 40.2 Å². The predicted octanol–water partition coefficient (Wildman–Crippen LogP) is 0.409. The molecule has 2 aromatic heterocycles. The fraction of sp³-hybridized carbons (Fsp3) is 0.368. The van der Waals surface area contributed by atoms with Crippen LogP contribution in [0.25, 0.3) is 10.9 Å². The zero-order valence-corrected chi connectivity index (χ0v) is 16.2. The van der Waals surface area contributed by atoms with Gasteiger partial charge in [-0.15, -0.1) is 0 Å². The van der Waals surface area contributed by atoms with Crippen molar-refractivity contribution in [3.63, 3.8) is 0 Å². The number of nitrogens with one attached hydrogen (secondary N) is 1. The molecule has 4 rings (SSSR count). The van der Waals surface area contributed by atoms with Crippen molar-refractivity contribution in [3.05, 3.63) is 51.4 Å². The van der Waals surface area contributed by atoms with E-state index in [0.29, 0.717) is 18.9 Å². The number of aromatic amines is 1. The molecule has 146 valence electrons. The molecule has 3 heterocycles. The lowest BCUT2D eigenvalue weighted by Gasteiger charge is -2.37. The minimum Gasteiger partial charge on any atom is -0.368 e. The summed E-state index contributed by atoms with van der Waals surface area (Å²) in [5.41, 5.74) is 1.34. The van der Waals surface area contributed by atoms with Gasteiger partial charge in [-0.25, -0.2) is 14.8 Å². The molecule has 0 radical (unpaired) electrons. The van der Waals surface area contributed by atoms with Crippen molar-refractivity contribution in [2.24, 2.45) is 7.05 Å². The monoisotopic (exact) mass is 381 g/mol. The highest BCUT2D eigenvalue weighted by atomic mass is 16.2. The van der Waals surface area contributed by atoms with Gasteiger partial charge in [0.2, 0.25) is 0 Å². The van der Waals surface area contributed by atoms with Gasteiger partial charge in [-0.05, 0) is 18.2 Å². The molecule has 1 fully saturated rings. The summed E-state index contributed by atoms with van der Waals surface area (Å²) in [7, 11) is 5.41. The van der Waals surface area contributed by atoms with Crippen molar-refractivity contribution in [1.29, 1.82) is 0 Å². The van der Waals surface area contributed by atoms with Gasteiger partial charge in [0.1, 0.15) is 18.0 Å². The largest absolute Gasteiger partial charge is 0.368 e. The number of fused-ring (bicyclic) bond motifs is 1. The van der Waals surface area contributed by atoms with E-state index in [1.807, 2.05) is 30.0 Å². The summed E-state index contributed by atoms with van der Waals surface area (Å²) in [5.74, 6) is 1.47. The Morgan fingerprint density at radius 2 is 1.71 bits per heavy atom. The Labute approximate surface area is 161 Å². The molecule has 28 heavy (non-hydrogen) atoms. The Morgan fingerprint density at radius 3 is 2.39 bits per heavy atom. The first-order chi connectivity index (χ1) is 13.4. The normalized spacial score (nSPS) is 14.5. The fourth-order valence-electron chi connectivity index (χ4n) is 3.50. The lowest BCUT2D eigenvalue weighted by molar-refractivity contribution is 0.640. The number of hydrogen-bond acceptors (Lipinski definition) is 7. The fourth-order valence-corrected chi connectivity index (χ4v) is 3.50. The standard InChI is InChI=1S/C19H23N7O2/c1-23(2)18-14-10-13(4-5-15(14)20-12-21-18)25-6-8-26(9-7-25)16-11-17(27)24(3)19(28)22-16/h4-5,10-12H,6-9H2,1-3H3,(H,22,28). The molecular weight excluding hydrogens is 358 g/mol. The highest BCUT2D eigenvalue weighted by molar-refractivity contribution is 5.91. The van der Waals surface area contributed by atoms with Crippen LogP contribution in [0.1, 0.15) is 0 Å². The average molecular weight is 381 g/mol. The molecule has 9 heteroatoms. The van der Waals surface area contributed by atoms with Crippen molar-refractivity contribution >= 4 is 28.2 Å². The van der Waals surface area contributed by atoms with E-state index in [4.69, 9.17) is 0 Å². The number of anilines is 3. The Kier molecular flexibility index (Phi) is 4.50. The van der Waals surface area contributed by atoms with Crippen molar-refractivity contribution in [2.45, 2.75) is 0 Å². The number of nitrogens with zero attached hydrogens (tertiary/aromatic N) is 6. The summed E-state index contributed by atoms with van der Waals surface area (Å²) in [6.45, 7) is 3.00. The minimum absolute atomic E-state index is 0.299. The predicted molar refractivity (Wildman–Crippen MR) is 111 cm³/mol. The van der Waals surface area contributed by atoms with Crippen LogP contribution in [0.5, 0.6) is 0 Å². The molecule has 1 aromatic carbocycles. The Bertz CT molecular complexity index is 1100. The van der Waals surface area contributed by atoms with Gasteiger partial charge in [0.25, 0.3) is 5.56 Å². The van der Waals surface area contributed by atoms with E-state index in [2.05, 4.69) is 32.0 Å². The third kappa shape index (κ3) is 3.19. The van der Waals surface area contributed by atoms with Crippen LogP contribution in [-0.4, -0.2) is 59.8 Å². The summed E-state index contributed by atoms with van der Waals surface area (Å²) in [6.07, 6.45) is 1.58. The first-order valence-corrected chi connectivity index (χ1v) is 9.16. The molecule has 0 saturated carbocycles. The molecule has 0 amide bonds. The van der Waals surface area contributed by atoms with Gasteiger partial charge in [-0.1, -0.05) is 0 Å². The maximum Gasteiger partial charge on any atom is 0.329 e. The van der Waals surface area contributed by atoms with Crippen LogP contribution in [0.4, 0.5) is 17.3 Å². The molecule has 0 aliphatic carbocycles. The number of hydrogen-bond donors (Lipinski definition) is 1. The van der Waals surface area contributed by atoms with Gasteiger partial charge < -0.3 is 14.7 Å². The van der Waals surface area contributed by atoms with E-state index in [1.54, 1.807) is 6.33 Å². The molecular formula is C19H23N7O2. The molecule has 9 nitrogen and oxygen atoms in total. The molecule has 1 aliphatic heterocycles. The first kappa shape index (κ1) is 18.0. The van der Waals surface area contributed by atoms with Crippen LogP contribution >= 0.6 is 0 Å². The van der Waals surface area contributed by atoms with Crippen LogP contribution in [0.2, 0.25) is 0 Å². The van der Waals surface area contributed by atoms with Crippen molar-refractivity contribution < 1.29 is 0 Å². The number of rotatable bonds is 3. The van der Waals surface area contributed by atoms with E-state index >= 15 is 0 Å². The Morgan fingerprint density at radius 1 is 1.00 bits per heavy atom. The summed E-state index contributed by atoms with van der Waals surface area (Å²) in [4.78, 5) is 41.6. The average Bonchev–Trinajstić information content (AvgIpc) is 2.70. The highest BCUT2D eigenvalue weighted by Crippen LogP contribution is 2.27. The summed E-state index contributed by atoms with van der Waals surface area (Å²) < 4.78 is 1.07.